The lowest BCUT2D eigenvalue weighted by atomic mass is 10.3. The fourth-order valence-corrected chi connectivity index (χ4v) is 2.67. The second-order valence-corrected chi connectivity index (χ2v) is 6.23. The largest absolute Gasteiger partial charge is 0.475 e. The maximum absolute atomic E-state index is 12.5. The monoisotopic (exact) mass is 520 g/mol. The second-order valence-electron chi connectivity index (χ2n) is 4.79. The summed E-state index contributed by atoms with van der Waals surface area (Å²) in [4.78, 5) is 8.84. The van der Waals surface area contributed by atoms with Crippen LogP contribution in [0.25, 0.3) is 0 Å². The fraction of sp³-hybridized carbons (Fsp3) is 0.333. The Balaban J connectivity index is 0.00000338. The molecule has 0 spiro atoms. The first-order valence-electron chi connectivity index (χ1n) is 7.22. The van der Waals surface area contributed by atoms with Crippen molar-refractivity contribution in [1.82, 2.24) is 15.6 Å². The van der Waals surface area contributed by atoms with Crippen LogP contribution in [0.15, 0.2) is 34.8 Å². The highest BCUT2D eigenvalue weighted by Gasteiger charge is 2.31. The van der Waals surface area contributed by atoms with Crippen molar-refractivity contribution in [1.29, 1.82) is 0 Å². The van der Waals surface area contributed by atoms with Gasteiger partial charge in [-0.1, -0.05) is 17.7 Å². The second kappa shape index (κ2) is 10.8. The molecule has 2 aromatic heterocycles. The van der Waals surface area contributed by atoms with Gasteiger partial charge in [0.15, 0.2) is 5.96 Å². The van der Waals surface area contributed by atoms with E-state index in [1.54, 1.807) is 18.4 Å². The molecule has 2 rings (SSSR count). The van der Waals surface area contributed by atoms with Crippen LogP contribution in [-0.2, 0) is 12.7 Å². The summed E-state index contributed by atoms with van der Waals surface area (Å²) in [5.41, 5.74) is -0.916. The van der Waals surface area contributed by atoms with Crippen molar-refractivity contribution in [2.75, 3.05) is 20.2 Å². The molecule has 0 aliphatic carbocycles. The molecule has 2 aromatic rings. The summed E-state index contributed by atoms with van der Waals surface area (Å²) in [6, 6.07) is 4.76. The van der Waals surface area contributed by atoms with E-state index >= 15 is 0 Å². The number of pyridine rings is 1. The Morgan fingerprint density at radius 3 is 2.73 bits per heavy atom. The first kappa shape index (κ1) is 22.8. The van der Waals surface area contributed by atoms with E-state index in [2.05, 4.69) is 20.6 Å². The molecule has 0 radical (unpaired) electrons. The maximum atomic E-state index is 12.5. The average molecular weight is 521 g/mol. The van der Waals surface area contributed by atoms with Gasteiger partial charge in [-0.2, -0.15) is 13.2 Å². The third kappa shape index (κ3) is 7.16. The molecule has 0 atom stereocenters. The van der Waals surface area contributed by atoms with Crippen molar-refractivity contribution < 1.29 is 17.9 Å². The van der Waals surface area contributed by atoms with Crippen molar-refractivity contribution >= 4 is 52.9 Å². The van der Waals surface area contributed by atoms with Gasteiger partial charge in [0.25, 0.3) is 0 Å². The van der Waals surface area contributed by atoms with Gasteiger partial charge in [0, 0.05) is 18.1 Å². The summed E-state index contributed by atoms with van der Waals surface area (Å²) in [5, 5.41) is 7.96. The van der Waals surface area contributed by atoms with Crippen molar-refractivity contribution in [3.05, 3.63) is 45.2 Å². The van der Waals surface area contributed by atoms with E-state index in [1.165, 1.54) is 4.88 Å². The lowest BCUT2D eigenvalue weighted by Crippen LogP contribution is -2.38. The third-order valence-corrected chi connectivity index (χ3v) is 4.15. The molecule has 0 amide bonds. The van der Waals surface area contributed by atoms with Gasteiger partial charge in [-0.25, -0.2) is 4.98 Å². The number of nitrogens with one attached hydrogen (secondary N) is 2. The van der Waals surface area contributed by atoms with E-state index in [1.807, 2.05) is 17.5 Å². The van der Waals surface area contributed by atoms with Crippen LogP contribution >= 0.6 is 46.9 Å². The highest BCUT2D eigenvalue weighted by Crippen LogP contribution is 2.32. The molecule has 2 heterocycles. The zero-order valence-corrected chi connectivity index (χ0v) is 17.5. The topological polar surface area (TPSA) is 58.5 Å². The highest BCUT2D eigenvalue weighted by molar-refractivity contribution is 14.0. The number of hydrogen-bond acceptors (Lipinski definition) is 4. The quantitative estimate of drug-likeness (QED) is 0.260. The Kier molecular flexibility index (Phi) is 9.44. The molecule has 0 saturated heterocycles. The Labute approximate surface area is 175 Å². The minimum Gasteiger partial charge on any atom is -0.475 e. The molecule has 11 heteroatoms. The number of thiophene rings is 1. The summed E-state index contributed by atoms with van der Waals surface area (Å²) in [5.74, 6) is 0.543. The summed E-state index contributed by atoms with van der Waals surface area (Å²) in [6.45, 7) is 1.19. The Bertz CT molecular complexity index is 713. The third-order valence-electron chi connectivity index (χ3n) is 3.00. The number of nitrogens with zero attached hydrogens (tertiary/aromatic N) is 2. The van der Waals surface area contributed by atoms with Crippen LogP contribution < -0.4 is 15.4 Å². The number of halogens is 5. The number of alkyl halides is 3. The van der Waals surface area contributed by atoms with Crippen LogP contribution in [0.4, 0.5) is 13.2 Å². The standard InChI is InChI=1S/C15H16ClF3N4OS.HI/c1-20-14(23-9-11-3-2-6-25-11)21-4-5-24-13-12(16)7-10(8-22-13)15(17,18)19;/h2-3,6-8H,4-5,9H2,1H3,(H2,20,21,23);1H. The molecule has 0 aliphatic heterocycles. The normalized spacial score (nSPS) is 11.7. The SMILES string of the molecule is CN=C(NCCOc1ncc(C(F)(F)F)cc1Cl)NCc1cccs1.I. The Hall–Kier alpha value is -1.27. The number of rotatable bonds is 6. The van der Waals surface area contributed by atoms with Crippen molar-refractivity contribution in [2.24, 2.45) is 4.99 Å². The van der Waals surface area contributed by atoms with E-state index < -0.39 is 11.7 Å². The maximum Gasteiger partial charge on any atom is 0.417 e. The molecule has 0 aromatic carbocycles. The fourth-order valence-electron chi connectivity index (χ4n) is 1.81. The lowest BCUT2D eigenvalue weighted by Gasteiger charge is -2.13. The van der Waals surface area contributed by atoms with Gasteiger partial charge < -0.3 is 15.4 Å². The van der Waals surface area contributed by atoms with Crippen LogP contribution in [0.2, 0.25) is 5.02 Å². The molecular weight excluding hydrogens is 504 g/mol. The van der Waals surface area contributed by atoms with E-state index in [-0.39, 0.29) is 41.5 Å². The van der Waals surface area contributed by atoms with Crippen molar-refractivity contribution in [2.45, 2.75) is 12.7 Å². The lowest BCUT2D eigenvalue weighted by molar-refractivity contribution is -0.137. The predicted octanol–water partition coefficient (Wildman–Crippen LogP) is 4.18. The average Bonchev–Trinajstić information content (AvgIpc) is 3.08. The Morgan fingerprint density at radius 2 is 2.15 bits per heavy atom. The summed E-state index contributed by atoms with van der Waals surface area (Å²) in [7, 11) is 1.64. The summed E-state index contributed by atoms with van der Waals surface area (Å²) in [6.07, 6.45) is -3.80. The molecule has 0 bridgehead atoms. The summed E-state index contributed by atoms with van der Waals surface area (Å²) >= 11 is 7.40. The van der Waals surface area contributed by atoms with Crippen LogP contribution in [0.3, 0.4) is 0 Å². The Morgan fingerprint density at radius 1 is 1.38 bits per heavy atom. The van der Waals surface area contributed by atoms with Gasteiger partial charge >= 0.3 is 6.18 Å². The predicted molar refractivity (Wildman–Crippen MR) is 108 cm³/mol. The van der Waals surface area contributed by atoms with Gasteiger partial charge in [-0.3, -0.25) is 4.99 Å². The van der Waals surface area contributed by atoms with E-state index in [0.29, 0.717) is 25.2 Å². The van der Waals surface area contributed by atoms with Crippen LogP contribution in [0.5, 0.6) is 5.88 Å². The van der Waals surface area contributed by atoms with Gasteiger partial charge in [-0.05, 0) is 17.5 Å². The van der Waals surface area contributed by atoms with Gasteiger partial charge in [0.1, 0.15) is 11.6 Å². The van der Waals surface area contributed by atoms with Crippen LogP contribution in [0, 0.1) is 0 Å². The van der Waals surface area contributed by atoms with Crippen LogP contribution in [0.1, 0.15) is 10.4 Å². The van der Waals surface area contributed by atoms with E-state index in [9.17, 15) is 13.2 Å². The zero-order valence-electron chi connectivity index (χ0n) is 13.6. The molecule has 0 unspecified atom stereocenters. The number of aliphatic imine (C=N–C) groups is 1. The summed E-state index contributed by atoms with van der Waals surface area (Å²) < 4.78 is 42.9. The van der Waals surface area contributed by atoms with Crippen LogP contribution in [-0.4, -0.2) is 31.1 Å². The van der Waals surface area contributed by atoms with E-state index in [4.69, 9.17) is 16.3 Å². The molecule has 0 saturated carbocycles. The smallest absolute Gasteiger partial charge is 0.417 e. The first-order valence-corrected chi connectivity index (χ1v) is 8.48. The number of hydrogen-bond donors (Lipinski definition) is 2. The van der Waals surface area contributed by atoms with Crippen molar-refractivity contribution in [3.8, 4) is 5.88 Å². The molecular formula is C15H17ClF3IN4OS. The molecule has 2 N–H and O–H groups in total. The van der Waals surface area contributed by atoms with Crippen molar-refractivity contribution in [3.63, 3.8) is 0 Å². The van der Waals surface area contributed by atoms with Gasteiger partial charge in [-0.15, -0.1) is 35.3 Å². The minimum atomic E-state index is -4.49. The molecule has 5 nitrogen and oxygen atoms in total. The minimum absolute atomic E-state index is 0. The number of guanidine groups is 1. The number of aromatic nitrogens is 1. The molecule has 0 aliphatic rings. The molecule has 26 heavy (non-hydrogen) atoms. The molecule has 0 fully saturated rings. The molecule has 144 valence electrons. The zero-order chi connectivity index (χ0) is 18.3. The number of ether oxygens (including phenoxy) is 1. The van der Waals surface area contributed by atoms with Gasteiger partial charge in [0.2, 0.25) is 5.88 Å². The highest BCUT2D eigenvalue weighted by atomic mass is 127. The first-order chi connectivity index (χ1) is 11.9. The van der Waals surface area contributed by atoms with Gasteiger partial charge in [0.05, 0.1) is 18.7 Å². The van der Waals surface area contributed by atoms with E-state index in [0.717, 1.165) is 6.07 Å².